The van der Waals surface area contributed by atoms with Crippen LogP contribution in [0.2, 0.25) is 0 Å². The van der Waals surface area contributed by atoms with Crippen molar-refractivity contribution in [1.29, 1.82) is 0 Å². The molecule has 35 heavy (non-hydrogen) atoms. The van der Waals surface area contributed by atoms with Crippen molar-refractivity contribution in [2.24, 2.45) is 0 Å². The van der Waals surface area contributed by atoms with Gasteiger partial charge in [-0.1, -0.05) is 37.3 Å². The van der Waals surface area contributed by atoms with E-state index in [0.717, 1.165) is 22.7 Å². The average Bonchev–Trinajstić information content (AvgIpc) is 3.33. The van der Waals surface area contributed by atoms with Crippen molar-refractivity contribution in [3.05, 3.63) is 64.5 Å². The van der Waals surface area contributed by atoms with Crippen LogP contribution in [0.25, 0.3) is 11.3 Å². The first-order valence-electron chi connectivity index (χ1n) is 11.9. The quantitative estimate of drug-likeness (QED) is 0.296. The fourth-order valence-corrected chi connectivity index (χ4v) is 4.87. The number of hydrogen-bond acceptors (Lipinski definition) is 7. The zero-order chi connectivity index (χ0) is 24.8. The van der Waals surface area contributed by atoms with E-state index in [9.17, 15) is 9.59 Å². The summed E-state index contributed by atoms with van der Waals surface area (Å²) in [7, 11) is 0. The fourth-order valence-electron chi connectivity index (χ4n) is 4.03. The third-order valence-corrected chi connectivity index (χ3v) is 6.65. The minimum absolute atomic E-state index is 0.146. The van der Waals surface area contributed by atoms with E-state index in [4.69, 9.17) is 19.2 Å². The number of hydrogen-bond donors (Lipinski definition) is 0. The van der Waals surface area contributed by atoms with Crippen LogP contribution in [0.15, 0.2) is 53.9 Å². The van der Waals surface area contributed by atoms with Gasteiger partial charge in [-0.2, -0.15) is 0 Å². The summed E-state index contributed by atoms with van der Waals surface area (Å²) in [4.78, 5) is 32.4. The smallest absolute Gasteiger partial charge is 0.329 e. The van der Waals surface area contributed by atoms with Gasteiger partial charge in [-0.15, -0.1) is 11.3 Å². The van der Waals surface area contributed by atoms with Crippen LogP contribution >= 0.6 is 11.3 Å². The normalized spacial score (nSPS) is 15.9. The molecule has 3 aromatic rings. The number of nitrogens with zero attached hydrogens (tertiary/aromatic N) is 2. The van der Waals surface area contributed by atoms with Crippen molar-refractivity contribution >= 4 is 28.9 Å². The van der Waals surface area contributed by atoms with Crippen LogP contribution in [0.1, 0.15) is 37.8 Å². The van der Waals surface area contributed by atoms with Gasteiger partial charge in [-0.05, 0) is 44.0 Å². The molecule has 0 spiro atoms. The highest BCUT2D eigenvalue weighted by Gasteiger charge is 2.39. The Bertz CT molecular complexity index is 1160. The topological polar surface area (TPSA) is 78.0 Å². The van der Waals surface area contributed by atoms with E-state index in [1.165, 1.54) is 10.5 Å². The number of benzene rings is 2. The zero-order valence-electron chi connectivity index (χ0n) is 20.2. The lowest BCUT2D eigenvalue weighted by molar-refractivity contribution is -0.148. The highest BCUT2D eigenvalue weighted by Crippen LogP contribution is 2.39. The second kappa shape index (κ2) is 11.5. The van der Waals surface area contributed by atoms with E-state index in [-0.39, 0.29) is 12.5 Å². The number of esters is 1. The van der Waals surface area contributed by atoms with Crippen LogP contribution in [-0.2, 0) is 25.5 Å². The first-order valence-corrected chi connectivity index (χ1v) is 12.8. The molecule has 184 valence electrons. The molecule has 2 aromatic carbocycles. The monoisotopic (exact) mass is 494 g/mol. The molecule has 4 rings (SSSR count). The molecule has 0 fully saturated rings. The number of rotatable bonds is 10. The Balaban J connectivity index is 1.60. The highest BCUT2D eigenvalue weighted by atomic mass is 32.1. The Morgan fingerprint density at radius 2 is 1.97 bits per heavy atom. The number of ether oxygens (including phenoxy) is 3. The van der Waals surface area contributed by atoms with Gasteiger partial charge < -0.3 is 14.2 Å². The second-order valence-electron chi connectivity index (χ2n) is 8.23. The predicted molar refractivity (Wildman–Crippen MR) is 136 cm³/mol. The van der Waals surface area contributed by atoms with Gasteiger partial charge in [0.2, 0.25) is 0 Å². The van der Waals surface area contributed by atoms with Gasteiger partial charge in [-0.3, -0.25) is 9.69 Å². The van der Waals surface area contributed by atoms with Gasteiger partial charge in [0.25, 0.3) is 5.91 Å². The van der Waals surface area contributed by atoms with Gasteiger partial charge in [0, 0.05) is 24.0 Å². The average molecular weight is 495 g/mol. The van der Waals surface area contributed by atoms with Crippen LogP contribution in [0, 0.1) is 0 Å². The van der Waals surface area contributed by atoms with Crippen LogP contribution in [0.5, 0.6) is 5.75 Å². The van der Waals surface area contributed by atoms with Gasteiger partial charge in [0.05, 0.1) is 23.0 Å². The van der Waals surface area contributed by atoms with Crippen molar-refractivity contribution in [1.82, 2.24) is 4.98 Å². The summed E-state index contributed by atoms with van der Waals surface area (Å²) in [5.41, 5.74) is 3.43. The van der Waals surface area contributed by atoms with Crippen molar-refractivity contribution < 1.29 is 23.8 Å². The number of amides is 1. The Kier molecular flexibility index (Phi) is 8.15. The molecule has 7 nitrogen and oxygen atoms in total. The number of thiazole rings is 1. The van der Waals surface area contributed by atoms with Crippen molar-refractivity contribution in [3.8, 4) is 17.0 Å². The summed E-state index contributed by atoms with van der Waals surface area (Å²) in [6.45, 7) is 6.45. The second-order valence-corrected chi connectivity index (χ2v) is 9.17. The molecule has 2 heterocycles. The lowest BCUT2D eigenvalue weighted by atomic mass is 10.0. The number of aromatic nitrogens is 1. The van der Waals surface area contributed by atoms with Crippen LogP contribution in [0.3, 0.4) is 0 Å². The minimum Gasteiger partial charge on any atom is -0.479 e. The van der Waals surface area contributed by atoms with Gasteiger partial charge >= 0.3 is 5.97 Å². The van der Waals surface area contributed by atoms with Crippen LogP contribution < -0.4 is 9.64 Å². The summed E-state index contributed by atoms with van der Waals surface area (Å²) >= 11 is 1.60. The maximum absolute atomic E-state index is 13.2. The first kappa shape index (κ1) is 24.9. The Morgan fingerprint density at radius 1 is 1.17 bits per heavy atom. The first-order chi connectivity index (χ1) is 17.0. The Morgan fingerprint density at radius 3 is 2.71 bits per heavy atom. The van der Waals surface area contributed by atoms with Crippen LogP contribution in [-0.4, -0.2) is 48.8 Å². The van der Waals surface area contributed by atoms with E-state index in [1.807, 2.05) is 55.6 Å². The van der Waals surface area contributed by atoms with Gasteiger partial charge in [-0.25, -0.2) is 9.78 Å². The van der Waals surface area contributed by atoms with E-state index < -0.39 is 18.1 Å². The lowest BCUT2D eigenvalue weighted by Gasteiger charge is -2.37. The van der Waals surface area contributed by atoms with Crippen molar-refractivity contribution in [2.75, 3.05) is 24.7 Å². The summed E-state index contributed by atoms with van der Waals surface area (Å²) in [5, 5.41) is 3.02. The maximum Gasteiger partial charge on any atom is 0.329 e. The third kappa shape index (κ3) is 5.71. The molecule has 8 heteroatoms. The van der Waals surface area contributed by atoms with Crippen molar-refractivity contribution in [3.63, 3.8) is 0 Å². The Hall–Kier alpha value is -3.23. The van der Waals surface area contributed by atoms with E-state index in [1.54, 1.807) is 18.3 Å². The molecule has 1 aromatic heterocycles. The van der Waals surface area contributed by atoms with Crippen molar-refractivity contribution in [2.45, 2.75) is 45.8 Å². The maximum atomic E-state index is 13.2. The minimum atomic E-state index is -0.756. The summed E-state index contributed by atoms with van der Waals surface area (Å²) in [6.07, 6.45) is 0.469. The van der Waals surface area contributed by atoms with E-state index >= 15 is 0 Å². The molecule has 0 N–H and O–H groups in total. The summed E-state index contributed by atoms with van der Waals surface area (Å²) < 4.78 is 16.5. The third-order valence-electron chi connectivity index (χ3n) is 5.80. The standard InChI is InChI=1S/C27H30N2O5S/c1-4-22(27(31)33-14-13-32-5-2)29-23-16-20(11-12-24(23)34-18(3)26(29)30)21-17-35-25(28-21)15-19-9-7-6-8-10-19/h6-12,16-18,22H,4-5,13-15H2,1-3H3. The molecule has 1 aliphatic heterocycles. The molecule has 2 unspecified atom stereocenters. The van der Waals surface area contributed by atoms with Crippen LogP contribution in [0.4, 0.5) is 5.69 Å². The molecule has 0 saturated heterocycles. The Labute approximate surface area is 209 Å². The number of carbonyl (C=O) groups excluding carboxylic acids is 2. The molecule has 0 bridgehead atoms. The molecule has 1 aliphatic rings. The molecule has 0 aliphatic carbocycles. The number of carbonyl (C=O) groups is 2. The molecular weight excluding hydrogens is 464 g/mol. The largest absolute Gasteiger partial charge is 0.479 e. The molecule has 0 radical (unpaired) electrons. The summed E-state index contributed by atoms with van der Waals surface area (Å²) in [6, 6.07) is 15.1. The van der Waals surface area contributed by atoms with Gasteiger partial charge in [0.1, 0.15) is 18.4 Å². The molecular formula is C27H30N2O5S. The highest BCUT2D eigenvalue weighted by molar-refractivity contribution is 7.10. The molecule has 2 atom stereocenters. The number of anilines is 1. The summed E-state index contributed by atoms with van der Waals surface area (Å²) in [5.74, 6) is -0.169. The lowest BCUT2D eigenvalue weighted by Crippen LogP contribution is -2.53. The van der Waals surface area contributed by atoms with E-state index in [2.05, 4.69) is 12.1 Å². The van der Waals surface area contributed by atoms with Gasteiger partial charge in [0.15, 0.2) is 6.10 Å². The molecule has 0 saturated carbocycles. The molecule has 1 amide bonds. The fraction of sp³-hybridized carbons (Fsp3) is 0.370. The zero-order valence-corrected chi connectivity index (χ0v) is 21.0. The van der Waals surface area contributed by atoms with E-state index in [0.29, 0.717) is 31.1 Å². The number of fused-ring (bicyclic) bond motifs is 1. The predicted octanol–water partition coefficient (Wildman–Crippen LogP) is 4.87. The SMILES string of the molecule is CCOCCOC(=O)C(CC)N1C(=O)C(C)Oc2ccc(-c3csc(Cc4ccccc4)n3)cc21.